The van der Waals surface area contributed by atoms with Gasteiger partial charge in [-0.3, -0.25) is 0 Å². The topological polar surface area (TPSA) is 31.4 Å². The first-order valence-electron chi connectivity index (χ1n) is 6.94. The minimum absolute atomic E-state index is 0.528. The molecule has 0 aliphatic heterocycles. The Morgan fingerprint density at radius 3 is 1.30 bits per heavy atom. The lowest BCUT2D eigenvalue weighted by Gasteiger charge is -2.25. The highest BCUT2D eigenvalue weighted by atomic mass is 79.9. The third-order valence-corrected chi connectivity index (χ3v) is 4.45. The van der Waals surface area contributed by atoms with E-state index in [-0.39, 0.29) is 0 Å². The summed E-state index contributed by atoms with van der Waals surface area (Å²) in [7, 11) is 0. The fourth-order valence-corrected chi connectivity index (χ4v) is 2.82. The van der Waals surface area contributed by atoms with E-state index >= 15 is 0 Å². The van der Waals surface area contributed by atoms with Gasteiger partial charge < -0.3 is 4.90 Å². The molecule has 0 spiro atoms. The number of diazo groups is 1. The molecule has 112 valence electrons. The van der Waals surface area contributed by atoms with E-state index in [1.54, 1.807) is 12.1 Å². The summed E-state index contributed by atoms with van der Waals surface area (Å²) in [5.41, 5.74) is 3.61. The number of anilines is 3. The molecule has 0 atom stereocenters. The van der Waals surface area contributed by atoms with E-state index in [0.29, 0.717) is 5.69 Å². The summed E-state index contributed by atoms with van der Waals surface area (Å²) in [6, 6.07) is 23.7. The van der Waals surface area contributed by atoms with E-state index in [2.05, 4.69) is 66.0 Å². The van der Waals surface area contributed by atoms with Gasteiger partial charge in [0.25, 0.3) is 0 Å². The minimum Gasteiger partial charge on any atom is -0.310 e. The molecule has 3 nitrogen and oxygen atoms in total. The Balaban J connectivity index is 2.10. The molecular formula is C18H12Br2N3+. The lowest BCUT2D eigenvalue weighted by atomic mass is 10.2. The van der Waals surface area contributed by atoms with Crippen molar-refractivity contribution in [3.63, 3.8) is 0 Å². The van der Waals surface area contributed by atoms with Crippen LogP contribution in [0.25, 0.3) is 4.98 Å². The third-order valence-electron chi connectivity index (χ3n) is 3.39. The van der Waals surface area contributed by atoms with Crippen molar-refractivity contribution < 1.29 is 0 Å². The van der Waals surface area contributed by atoms with Crippen molar-refractivity contribution in [1.29, 1.82) is 5.39 Å². The van der Waals surface area contributed by atoms with Crippen molar-refractivity contribution in [3.8, 4) is 0 Å². The maximum atomic E-state index is 8.86. The van der Waals surface area contributed by atoms with Gasteiger partial charge in [0.05, 0.1) is 0 Å². The summed E-state index contributed by atoms with van der Waals surface area (Å²) in [6.07, 6.45) is 0. The molecule has 0 aliphatic carbocycles. The first-order valence-corrected chi connectivity index (χ1v) is 8.52. The summed E-state index contributed by atoms with van der Waals surface area (Å²) >= 11 is 6.94. The van der Waals surface area contributed by atoms with E-state index < -0.39 is 0 Å². The van der Waals surface area contributed by atoms with Crippen LogP contribution in [0.1, 0.15) is 0 Å². The summed E-state index contributed by atoms with van der Waals surface area (Å²) < 4.78 is 2.07. The van der Waals surface area contributed by atoms with Crippen LogP contribution in [-0.2, 0) is 0 Å². The summed E-state index contributed by atoms with van der Waals surface area (Å²) in [6.45, 7) is 0. The first kappa shape index (κ1) is 15.7. The molecule has 0 bridgehead atoms. The van der Waals surface area contributed by atoms with Gasteiger partial charge in [-0.2, -0.15) is 0 Å². The molecule has 0 aromatic heterocycles. The second-order valence-corrected chi connectivity index (χ2v) is 6.74. The zero-order valence-electron chi connectivity index (χ0n) is 12.0. The molecule has 0 amide bonds. The standard InChI is InChI=1S/C18H12Br2N3/c19-13-1-7-16(8-2-13)23(17-9-3-14(20)4-10-17)18-11-5-15(22-21)6-12-18/h1-12H/q+1. The Kier molecular flexibility index (Phi) is 4.75. The monoisotopic (exact) mass is 428 g/mol. The van der Waals surface area contributed by atoms with Gasteiger partial charge in [-0.15, -0.1) is 0 Å². The zero-order chi connectivity index (χ0) is 16.2. The quantitative estimate of drug-likeness (QED) is 0.413. The van der Waals surface area contributed by atoms with Crippen molar-refractivity contribution in [2.24, 2.45) is 0 Å². The molecule has 3 rings (SSSR count). The predicted octanol–water partition coefficient (Wildman–Crippen LogP) is 7.17. The van der Waals surface area contributed by atoms with Gasteiger partial charge >= 0.3 is 5.69 Å². The Bertz CT molecular complexity index is 790. The van der Waals surface area contributed by atoms with E-state index in [4.69, 9.17) is 5.39 Å². The molecule has 0 unspecified atom stereocenters. The Hall–Kier alpha value is -2.16. The molecule has 5 heteroatoms. The van der Waals surface area contributed by atoms with Crippen molar-refractivity contribution in [2.45, 2.75) is 0 Å². The average molecular weight is 430 g/mol. The Morgan fingerprint density at radius 1 is 0.609 bits per heavy atom. The average Bonchev–Trinajstić information content (AvgIpc) is 2.59. The van der Waals surface area contributed by atoms with Gasteiger partial charge in [0.15, 0.2) is 4.98 Å². The molecule has 0 fully saturated rings. The molecule has 0 heterocycles. The second-order valence-electron chi connectivity index (χ2n) is 4.90. The Morgan fingerprint density at radius 2 is 0.957 bits per heavy atom. The second kappa shape index (κ2) is 6.95. The largest absolute Gasteiger partial charge is 0.385 e. The number of nitrogens with zero attached hydrogens (tertiary/aromatic N) is 3. The normalized spacial score (nSPS) is 10.1. The van der Waals surface area contributed by atoms with Gasteiger partial charge in [-0.05, 0) is 60.7 Å². The fraction of sp³-hybridized carbons (Fsp3) is 0. The van der Waals surface area contributed by atoms with Crippen molar-refractivity contribution in [3.05, 3.63) is 86.7 Å². The van der Waals surface area contributed by atoms with Crippen LogP contribution in [0.5, 0.6) is 0 Å². The highest BCUT2D eigenvalue weighted by Gasteiger charge is 2.14. The zero-order valence-corrected chi connectivity index (χ0v) is 15.2. The molecule has 3 aromatic rings. The maximum absolute atomic E-state index is 8.86. The van der Waals surface area contributed by atoms with E-state index in [1.165, 1.54) is 0 Å². The van der Waals surface area contributed by atoms with Gasteiger partial charge in [0.1, 0.15) is 0 Å². The predicted molar refractivity (Wildman–Crippen MR) is 101 cm³/mol. The number of hydrogen-bond donors (Lipinski definition) is 0. The molecule has 0 aliphatic rings. The maximum Gasteiger partial charge on any atom is 0.385 e. The van der Waals surface area contributed by atoms with Crippen LogP contribution in [0.4, 0.5) is 22.7 Å². The van der Waals surface area contributed by atoms with Crippen LogP contribution < -0.4 is 4.90 Å². The lowest BCUT2D eigenvalue weighted by molar-refractivity contribution is 1.28. The molecular weight excluding hydrogens is 418 g/mol. The molecule has 3 aromatic carbocycles. The molecule has 0 N–H and O–H groups in total. The van der Waals surface area contributed by atoms with Crippen LogP contribution in [-0.4, -0.2) is 0 Å². The summed E-state index contributed by atoms with van der Waals surface area (Å²) in [5, 5.41) is 8.86. The molecule has 0 saturated carbocycles. The van der Waals surface area contributed by atoms with E-state index in [9.17, 15) is 0 Å². The van der Waals surface area contributed by atoms with Crippen LogP contribution in [0, 0.1) is 5.39 Å². The first-order chi connectivity index (χ1) is 11.2. The van der Waals surface area contributed by atoms with Crippen LogP contribution in [0.3, 0.4) is 0 Å². The van der Waals surface area contributed by atoms with Crippen LogP contribution >= 0.6 is 31.9 Å². The smallest absolute Gasteiger partial charge is 0.310 e. The van der Waals surface area contributed by atoms with Crippen LogP contribution in [0.2, 0.25) is 0 Å². The van der Waals surface area contributed by atoms with Gasteiger partial charge in [-0.25, -0.2) is 0 Å². The number of hydrogen-bond acceptors (Lipinski definition) is 2. The van der Waals surface area contributed by atoms with Crippen molar-refractivity contribution in [2.75, 3.05) is 4.90 Å². The Labute approximate surface area is 151 Å². The summed E-state index contributed by atoms with van der Waals surface area (Å²) in [4.78, 5) is 5.35. The molecule has 0 saturated heterocycles. The minimum atomic E-state index is 0.528. The highest BCUT2D eigenvalue weighted by Crippen LogP contribution is 2.36. The van der Waals surface area contributed by atoms with Crippen LogP contribution in [0.15, 0.2) is 81.7 Å². The van der Waals surface area contributed by atoms with Gasteiger partial charge in [-0.1, -0.05) is 31.9 Å². The van der Waals surface area contributed by atoms with E-state index in [0.717, 1.165) is 26.0 Å². The lowest BCUT2D eigenvalue weighted by Crippen LogP contribution is -2.09. The number of halogens is 2. The SMILES string of the molecule is N#[N+]c1ccc(N(c2ccc(Br)cc2)c2ccc(Br)cc2)cc1. The number of rotatable bonds is 3. The molecule has 23 heavy (non-hydrogen) atoms. The fourth-order valence-electron chi connectivity index (χ4n) is 2.30. The van der Waals surface area contributed by atoms with E-state index in [1.807, 2.05) is 36.4 Å². The number of benzene rings is 3. The van der Waals surface area contributed by atoms with Crippen molar-refractivity contribution >= 4 is 54.6 Å². The summed E-state index contributed by atoms with van der Waals surface area (Å²) in [5.74, 6) is 0. The van der Waals surface area contributed by atoms with Gasteiger partial charge in [0.2, 0.25) is 5.39 Å². The highest BCUT2D eigenvalue weighted by molar-refractivity contribution is 9.10. The van der Waals surface area contributed by atoms with Crippen molar-refractivity contribution in [1.82, 2.24) is 0 Å². The molecule has 0 radical (unpaired) electrons. The van der Waals surface area contributed by atoms with Gasteiger partial charge in [0, 0.05) is 38.1 Å². The third kappa shape index (κ3) is 3.61.